The Labute approximate surface area is 173 Å². The van der Waals surface area contributed by atoms with Crippen molar-refractivity contribution >= 4 is 29.2 Å². The van der Waals surface area contributed by atoms with E-state index in [9.17, 15) is 14.0 Å². The lowest BCUT2D eigenvalue weighted by molar-refractivity contribution is -0.159. The molecule has 0 radical (unpaired) electrons. The van der Waals surface area contributed by atoms with Crippen molar-refractivity contribution in [3.05, 3.63) is 53.2 Å². The Bertz CT molecular complexity index is 858. The summed E-state index contributed by atoms with van der Waals surface area (Å²) in [5.74, 6) is -0.895. The summed E-state index contributed by atoms with van der Waals surface area (Å²) in [6.07, 6.45) is 6.69. The van der Waals surface area contributed by atoms with Gasteiger partial charge < -0.3 is 10.1 Å². The number of ether oxygens (including phenoxy) is 1. The fourth-order valence-electron chi connectivity index (χ4n) is 3.47. The number of rotatable bonds is 7. The smallest absolute Gasteiger partial charge is 0.309 e. The Morgan fingerprint density at radius 2 is 2.03 bits per heavy atom. The molecule has 0 bridgehead atoms. The summed E-state index contributed by atoms with van der Waals surface area (Å²) in [5, 5.41) is 3.29. The first-order valence-electron chi connectivity index (χ1n) is 9.60. The number of nitrogens with zero attached hydrogens (tertiary/aromatic N) is 2. The SMILES string of the molecule is CC(=O)C(Cc1cccc(Cl)c1F)OC(=O)C1CCC(Nc2cnccn2)CC1. The van der Waals surface area contributed by atoms with Gasteiger partial charge in [0, 0.05) is 24.9 Å². The molecule has 1 unspecified atom stereocenters. The van der Waals surface area contributed by atoms with Crippen LogP contribution in [0.3, 0.4) is 0 Å². The number of ketones is 1. The monoisotopic (exact) mass is 419 g/mol. The number of benzene rings is 1. The number of carbonyl (C=O) groups is 2. The number of halogens is 2. The summed E-state index contributed by atoms with van der Waals surface area (Å²) >= 11 is 5.79. The molecule has 1 heterocycles. The minimum atomic E-state index is -1.02. The number of carbonyl (C=O) groups excluding carboxylic acids is 2. The van der Waals surface area contributed by atoms with E-state index in [1.807, 2.05) is 0 Å². The average molecular weight is 420 g/mol. The van der Waals surface area contributed by atoms with Gasteiger partial charge in [-0.25, -0.2) is 9.37 Å². The lowest BCUT2D eigenvalue weighted by Crippen LogP contribution is -2.34. The molecule has 1 saturated carbocycles. The van der Waals surface area contributed by atoms with Crippen molar-refractivity contribution in [2.75, 3.05) is 5.32 Å². The number of aromatic nitrogens is 2. The highest BCUT2D eigenvalue weighted by atomic mass is 35.5. The molecule has 1 aliphatic carbocycles. The van der Waals surface area contributed by atoms with Crippen LogP contribution in [0.5, 0.6) is 0 Å². The fraction of sp³-hybridized carbons (Fsp3) is 0.429. The van der Waals surface area contributed by atoms with Crippen LogP contribution in [-0.2, 0) is 20.7 Å². The predicted molar refractivity (Wildman–Crippen MR) is 107 cm³/mol. The third kappa shape index (κ3) is 5.73. The van der Waals surface area contributed by atoms with Crippen molar-refractivity contribution in [3.63, 3.8) is 0 Å². The summed E-state index contributed by atoms with van der Waals surface area (Å²) in [6, 6.07) is 4.78. The zero-order valence-corrected chi connectivity index (χ0v) is 16.9. The number of hydrogen-bond acceptors (Lipinski definition) is 6. The number of nitrogens with one attached hydrogen (secondary N) is 1. The van der Waals surface area contributed by atoms with E-state index in [-0.39, 0.29) is 34.7 Å². The zero-order chi connectivity index (χ0) is 20.8. The zero-order valence-electron chi connectivity index (χ0n) is 16.1. The molecule has 29 heavy (non-hydrogen) atoms. The average Bonchev–Trinajstić information content (AvgIpc) is 2.72. The highest BCUT2D eigenvalue weighted by Gasteiger charge is 2.31. The molecule has 1 N–H and O–H groups in total. The Balaban J connectivity index is 1.54. The van der Waals surface area contributed by atoms with Gasteiger partial charge in [0.15, 0.2) is 11.9 Å². The van der Waals surface area contributed by atoms with E-state index in [1.165, 1.54) is 19.1 Å². The van der Waals surface area contributed by atoms with Crippen molar-refractivity contribution in [2.45, 2.75) is 51.2 Å². The molecule has 3 rings (SSSR count). The first-order valence-corrected chi connectivity index (χ1v) is 9.98. The Hall–Kier alpha value is -2.54. The van der Waals surface area contributed by atoms with Gasteiger partial charge >= 0.3 is 5.97 Å². The number of hydrogen-bond donors (Lipinski definition) is 1. The normalized spacial score (nSPS) is 20.0. The quantitative estimate of drug-likeness (QED) is 0.683. The number of esters is 1. The molecule has 0 aliphatic heterocycles. The molecule has 1 atom stereocenters. The van der Waals surface area contributed by atoms with E-state index >= 15 is 0 Å². The van der Waals surface area contributed by atoms with E-state index in [0.717, 1.165) is 12.8 Å². The van der Waals surface area contributed by atoms with Crippen LogP contribution in [0.15, 0.2) is 36.8 Å². The van der Waals surface area contributed by atoms with Gasteiger partial charge in [0.25, 0.3) is 0 Å². The molecule has 1 aromatic heterocycles. The Morgan fingerprint density at radius 1 is 1.28 bits per heavy atom. The van der Waals surface area contributed by atoms with Crippen LogP contribution >= 0.6 is 11.6 Å². The van der Waals surface area contributed by atoms with Crippen LogP contribution in [0.2, 0.25) is 5.02 Å². The van der Waals surface area contributed by atoms with Gasteiger partial charge in [-0.3, -0.25) is 14.6 Å². The Morgan fingerprint density at radius 3 is 2.69 bits per heavy atom. The second-order valence-electron chi connectivity index (χ2n) is 7.24. The van der Waals surface area contributed by atoms with E-state index in [0.29, 0.717) is 18.7 Å². The third-order valence-electron chi connectivity index (χ3n) is 5.12. The number of anilines is 1. The van der Waals surface area contributed by atoms with E-state index in [4.69, 9.17) is 16.3 Å². The maximum Gasteiger partial charge on any atom is 0.309 e. The first kappa shape index (κ1) is 21.2. The first-order chi connectivity index (χ1) is 13.9. The highest BCUT2D eigenvalue weighted by Crippen LogP contribution is 2.28. The van der Waals surface area contributed by atoms with Crippen molar-refractivity contribution in [1.82, 2.24) is 9.97 Å². The summed E-state index contributed by atoms with van der Waals surface area (Å²) in [7, 11) is 0. The van der Waals surface area contributed by atoms with Crippen molar-refractivity contribution in [1.29, 1.82) is 0 Å². The minimum absolute atomic E-state index is 0.0231. The lowest BCUT2D eigenvalue weighted by atomic mass is 9.86. The molecule has 8 heteroatoms. The molecule has 154 valence electrons. The van der Waals surface area contributed by atoms with Crippen molar-refractivity contribution in [2.24, 2.45) is 5.92 Å². The van der Waals surface area contributed by atoms with Crippen LogP contribution in [0.4, 0.5) is 10.2 Å². The molecule has 1 aromatic carbocycles. The summed E-state index contributed by atoms with van der Waals surface area (Å²) in [4.78, 5) is 32.8. The molecule has 0 spiro atoms. The van der Waals surface area contributed by atoms with Gasteiger partial charge in [-0.2, -0.15) is 0 Å². The van der Waals surface area contributed by atoms with Gasteiger partial charge in [0.2, 0.25) is 0 Å². The standard InChI is InChI=1S/C21H23ClFN3O3/c1-13(27)18(11-15-3-2-4-17(22)20(15)23)29-21(28)14-5-7-16(8-6-14)26-19-12-24-9-10-25-19/h2-4,9-10,12,14,16,18H,5-8,11H2,1H3,(H,25,26). The molecular formula is C21H23ClFN3O3. The van der Waals surface area contributed by atoms with Gasteiger partial charge in [-0.05, 0) is 44.2 Å². The van der Waals surface area contributed by atoms with Crippen LogP contribution in [-0.4, -0.2) is 33.9 Å². The van der Waals surface area contributed by atoms with E-state index in [2.05, 4.69) is 15.3 Å². The second-order valence-corrected chi connectivity index (χ2v) is 7.64. The van der Waals surface area contributed by atoms with Crippen LogP contribution < -0.4 is 5.32 Å². The minimum Gasteiger partial charge on any atom is -0.454 e. The molecule has 1 aliphatic rings. The molecule has 1 fully saturated rings. The Kier molecular flexibility index (Phi) is 7.14. The molecule has 2 aromatic rings. The van der Waals surface area contributed by atoms with Crippen molar-refractivity contribution in [3.8, 4) is 0 Å². The molecule has 0 saturated heterocycles. The molecule has 6 nitrogen and oxygen atoms in total. The maximum absolute atomic E-state index is 14.1. The summed E-state index contributed by atoms with van der Waals surface area (Å²) < 4.78 is 19.6. The second kappa shape index (κ2) is 9.78. The lowest BCUT2D eigenvalue weighted by Gasteiger charge is -2.29. The predicted octanol–water partition coefficient (Wildman–Crippen LogP) is 3.98. The number of Topliss-reactive ketones (excluding diaryl/α,β-unsaturated/α-hetero) is 1. The van der Waals surface area contributed by atoms with Gasteiger partial charge in [0.05, 0.1) is 17.1 Å². The van der Waals surface area contributed by atoms with Gasteiger partial charge in [0.1, 0.15) is 11.6 Å². The largest absolute Gasteiger partial charge is 0.454 e. The summed E-state index contributed by atoms with van der Waals surface area (Å²) in [6.45, 7) is 1.34. The molecular weight excluding hydrogens is 397 g/mol. The maximum atomic E-state index is 14.1. The topological polar surface area (TPSA) is 81.2 Å². The van der Waals surface area contributed by atoms with Gasteiger partial charge in [-0.15, -0.1) is 0 Å². The van der Waals surface area contributed by atoms with Gasteiger partial charge in [-0.1, -0.05) is 23.7 Å². The molecule has 0 amide bonds. The van der Waals surface area contributed by atoms with Crippen LogP contribution in [0.25, 0.3) is 0 Å². The third-order valence-corrected chi connectivity index (χ3v) is 5.42. The van der Waals surface area contributed by atoms with Crippen LogP contribution in [0, 0.1) is 11.7 Å². The fourth-order valence-corrected chi connectivity index (χ4v) is 3.66. The van der Waals surface area contributed by atoms with Crippen LogP contribution in [0.1, 0.15) is 38.2 Å². The summed E-state index contributed by atoms with van der Waals surface area (Å²) in [5.41, 5.74) is 0.252. The highest BCUT2D eigenvalue weighted by molar-refractivity contribution is 6.30. The van der Waals surface area contributed by atoms with Crippen molar-refractivity contribution < 1.29 is 18.7 Å². The van der Waals surface area contributed by atoms with E-state index < -0.39 is 17.9 Å². The van der Waals surface area contributed by atoms with E-state index in [1.54, 1.807) is 24.7 Å².